The predicted octanol–water partition coefficient (Wildman–Crippen LogP) is 3.79. The van der Waals surface area contributed by atoms with Crippen molar-refractivity contribution in [1.29, 1.82) is 0 Å². The molecule has 5 nitrogen and oxygen atoms in total. The van der Waals surface area contributed by atoms with Crippen LogP contribution in [0.5, 0.6) is 0 Å². The van der Waals surface area contributed by atoms with Gasteiger partial charge in [-0.25, -0.2) is 9.59 Å². The number of carbonyl (C=O) groups is 2. The van der Waals surface area contributed by atoms with Crippen molar-refractivity contribution < 1.29 is 19.8 Å². The molecule has 0 bridgehead atoms. The zero-order chi connectivity index (χ0) is 18.9. The first kappa shape index (κ1) is 20.2. The van der Waals surface area contributed by atoms with E-state index in [1.165, 1.54) is 0 Å². The molecule has 0 saturated carbocycles. The fourth-order valence-electron chi connectivity index (χ4n) is 3.16. The average Bonchev–Trinajstić information content (AvgIpc) is 2.40. The van der Waals surface area contributed by atoms with Gasteiger partial charge in [-0.2, -0.15) is 0 Å². The van der Waals surface area contributed by atoms with E-state index in [0.717, 1.165) is 12.1 Å². The Bertz CT molecular complexity index is 649. The summed E-state index contributed by atoms with van der Waals surface area (Å²) in [5.74, 6) is -2.17. The smallest absolute Gasteiger partial charge is 0.336 e. The molecule has 0 aliphatic rings. The molecule has 0 spiro atoms. The summed E-state index contributed by atoms with van der Waals surface area (Å²) in [6, 6.07) is 1.64. The number of aromatic carboxylic acids is 2. The van der Waals surface area contributed by atoms with Gasteiger partial charge in [0.25, 0.3) is 0 Å². The molecule has 0 saturated heterocycles. The molecule has 0 aromatic heterocycles. The Morgan fingerprint density at radius 3 is 1.79 bits per heavy atom. The van der Waals surface area contributed by atoms with E-state index < -0.39 is 22.8 Å². The maximum atomic E-state index is 12.1. The van der Waals surface area contributed by atoms with Crippen molar-refractivity contribution in [2.24, 2.45) is 0 Å². The summed E-state index contributed by atoms with van der Waals surface area (Å²) in [7, 11) is 0. The monoisotopic (exact) mass is 335 g/mol. The summed E-state index contributed by atoms with van der Waals surface area (Å²) < 4.78 is 0. The SMILES string of the molecule is CCNCc1cc(C(=O)O)c(C(C)(C)C)c(C(=O)O)c1C(C)(C)C. The molecule has 1 aromatic rings. The second kappa shape index (κ2) is 6.93. The molecule has 0 heterocycles. The van der Waals surface area contributed by atoms with Gasteiger partial charge in [0, 0.05) is 6.54 Å². The third-order valence-electron chi connectivity index (χ3n) is 3.92. The largest absolute Gasteiger partial charge is 0.478 e. The van der Waals surface area contributed by atoms with Crippen LogP contribution in [-0.4, -0.2) is 28.7 Å². The summed E-state index contributed by atoms with van der Waals surface area (Å²) in [6.45, 7) is 14.5. The van der Waals surface area contributed by atoms with Gasteiger partial charge in [0.15, 0.2) is 0 Å². The number of rotatable bonds is 5. The quantitative estimate of drug-likeness (QED) is 0.762. The minimum atomic E-state index is -1.10. The second-order valence-electron chi connectivity index (χ2n) is 8.10. The number of carboxylic acid groups (broad SMARTS) is 2. The zero-order valence-corrected chi connectivity index (χ0v) is 15.7. The van der Waals surface area contributed by atoms with E-state index in [1.807, 2.05) is 48.5 Å². The highest BCUT2D eigenvalue weighted by Crippen LogP contribution is 2.39. The lowest BCUT2D eigenvalue weighted by molar-refractivity contribution is 0.0689. The van der Waals surface area contributed by atoms with E-state index in [9.17, 15) is 19.8 Å². The van der Waals surface area contributed by atoms with E-state index >= 15 is 0 Å². The summed E-state index contributed by atoms with van der Waals surface area (Å²) in [6.07, 6.45) is 0. The average molecular weight is 335 g/mol. The van der Waals surface area contributed by atoms with Crippen molar-refractivity contribution in [3.05, 3.63) is 33.9 Å². The number of hydrogen-bond acceptors (Lipinski definition) is 3. The molecule has 0 unspecified atom stereocenters. The molecular formula is C19H29NO4. The maximum absolute atomic E-state index is 12.1. The van der Waals surface area contributed by atoms with Crippen LogP contribution in [0.15, 0.2) is 6.07 Å². The third kappa shape index (κ3) is 4.15. The number of carboxylic acids is 2. The molecule has 24 heavy (non-hydrogen) atoms. The van der Waals surface area contributed by atoms with Gasteiger partial charge in [0.05, 0.1) is 11.1 Å². The molecule has 1 aromatic carbocycles. The van der Waals surface area contributed by atoms with Crippen molar-refractivity contribution in [1.82, 2.24) is 5.32 Å². The highest BCUT2D eigenvalue weighted by molar-refractivity contribution is 5.99. The van der Waals surface area contributed by atoms with Crippen LogP contribution in [0.4, 0.5) is 0 Å². The van der Waals surface area contributed by atoms with Crippen LogP contribution >= 0.6 is 0 Å². The van der Waals surface area contributed by atoms with Crippen LogP contribution in [0.25, 0.3) is 0 Å². The summed E-state index contributed by atoms with van der Waals surface area (Å²) in [4.78, 5) is 23.9. The Morgan fingerprint density at radius 1 is 0.958 bits per heavy atom. The van der Waals surface area contributed by atoms with Gasteiger partial charge in [-0.1, -0.05) is 48.5 Å². The predicted molar refractivity (Wildman–Crippen MR) is 95.1 cm³/mol. The zero-order valence-electron chi connectivity index (χ0n) is 15.7. The Hall–Kier alpha value is -1.88. The molecule has 0 amide bonds. The van der Waals surface area contributed by atoms with Gasteiger partial charge in [-0.15, -0.1) is 0 Å². The van der Waals surface area contributed by atoms with Crippen molar-refractivity contribution in [3.63, 3.8) is 0 Å². The Balaban J connectivity index is 4.03. The molecule has 0 aliphatic carbocycles. The highest BCUT2D eigenvalue weighted by Gasteiger charge is 2.35. The fraction of sp³-hybridized carbons (Fsp3) is 0.579. The molecular weight excluding hydrogens is 306 g/mol. The third-order valence-corrected chi connectivity index (χ3v) is 3.92. The topological polar surface area (TPSA) is 86.6 Å². The molecule has 1 rings (SSSR count). The summed E-state index contributed by atoms with van der Waals surface area (Å²) >= 11 is 0. The first-order valence-corrected chi connectivity index (χ1v) is 8.20. The van der Waals surface area contributed by atoms with Gasteiger partial charge in [-0.05, 0) is 40.1 Å². The number of hydrogen-bond donors (Lipinski definition) is 3. The summed E-state index contributed by atoms with van der Waals surface area (Å²) in [5, 5.41) is 22.8. The summed E-state index contributed by atoms with van der Waals surface area (Å²) in [5.41, 5.74) is 0.988. The van der Waals surface area contributed by atoms with Crippen molar-refractivity contribution in [2.75, 3.05) is 6.54 Å². The minimum absolute atomic E-state index is 0.0702. The molecule has 0 atom stereocenters. The van der Waals surface area contributed by atoms with E-state index in [2.05, 4.69) is 5.32 Å². The second-order valence-corrected chi connectivity index (χ2v) is 8.10. The van der Waals surface area contributed by atoms with Gasteiger partial charge >= 0.3 is 11.9 Å². The lowest BCUT2D eigenvalue weighted by atomic mass is 9.72. The molecule has 5 heteroatoms. The number of benzene rings is 1. The lowest BCUT2D eigenvalue weighted by Gasteiger charge is -2.32. The van der Waals surface area contributed by atoms with Crippen LogP contribution < -0.4 is 5.32 Å². The van der Waals surface area contributed by atoms with E-state index in [1.54, 1.807) is 6.07 Å². The van der Waals surface area contributed by atoms with Crippen molar-refractivity contribution >= 4 is 11.9 Å². The van der Waals surface area contributed by atoms with E-state index in [4.69, 9.17) is 0 Å². The molecule has 0 fully saturated rings. The van der Waals surface area contributed by atoms with Crippen molar-refractivity contribution in [2.45, 2.75) is 65.8 Å². The van der Waals surface area contributed by atoms with Crippen LogP contribution in [-0.2, 0) is 17.4 Å². The first-order chi connectivity index (χ1) is 10.8. The standard InChI is InChI=1S/C19H29NO4/c1-8-20-10-11-9-12(16(21)22)15(19(5,6)7)13(17(23)24)14(11)18(2,3)4/h9,20H,8,10H2,1-7H3,(H,21,22)(H,23,24). The van der Waals surface area contributed by atoms with E-state index in [0.29, 0.717) is 17.7 Å². The van der Waals surface area contributed by atoms with Crippen LogP contribution in [0.2, 0.25) is 0 Å². The van der Waals surface area contributed by atoms with Crippen LogP contribution in [0.3, 0.4) is 0 Å². The van der Waals surface area contributed by atoms with Gasteiger partial charge in [-0.3, -0.25) is 0 Å². The normalized spacial score (nSPS) is 12.3. The Morgan fingerprint density at radius 2 is 1.46 bits per heavy atom. The maximum Gasteiger partial charge on any atom is 0.336 e. The Labute approximate surface area is 144 Å². The molecule has 3 N–H and O–H groups in total. The van der Waals surface area contributed by atoms with Gasteiger partial charge in [0.1, 0.15) is 0 Å². The number of nitrogens with one attached hydrogen (secondary N) is 1. The van der Waals surface area contributed by atoms with Crippen LogP contribution in [0.1, 0.15) is 85.9 Å². The molecule has 0 radical (unpaired) electrons. The molecule has 134 valence electrons. The Kier molecular flexibility index (Phi) is 5.82. The lowest BCUT2D eigenvalue weighted by Crippen LogP contribution is -2.29. The fourth-order valence-corrected chi connectivity index (χ4v) is 3.16. The van der Waals surface area contributed by atoms with Gasteiger partial charge < -0.3 is 15.5 Å². The minimum Gasteiger partial charge on any atom is -0.478 e. The van der Waals surface area contributed by atoms with Gasteiger partial charge in [0.2, 0.25) is 0 Å². The van der Waals surface area contributed by atoms with Crippen LogP contribution in [0, 0.1) is 0 Å². The van der Waals surface area contributed by atoms with Crippen molar-refractivity contribution in [3.8, 4) is 0 Å². The van der Waals surface area contributed by atoms with E-state index in [-0.39, 0.29) is 11.1 Å². The molecule has 0 aliphatic heterocycles. The first-order valence-electron chi connectivity index (χ1n) is 8.20. The highest BCUT2D eigenvalue weighted by atomic mass is 16.4.